The highest BCUT2D eigenvalue weighted by atomic mass is 35.5. The Morgan fingerprint density at radius 3 is 2.52 bits per heavy atom. The average molecular weight is 438 g/mol. The Morgan fingerprint density at radius 2 is 1.87 bits per heavy atom. The number of hydrogen-bond donors (Lipinski definition) is 1. The third-order valence-electron chi connectivity index (χ3n) is 5.19. The third kappa shape index (κ3) is 3.59. The van der Waals surface area contributed by atoms with E-state index in [0.29, 0.717) is 40.0 Å². The fourth-order valence-electron chi connectivity index (χ4n) is 3.69. The van der Waals surface area contributed by atoms with Crippen LogP contribution in [0.4, 0.5) is 5.69 Å². The number of benzene rings is 2. The summed E-state index contributed by atoms with van der Waals surface area (Å²) in [7, 11) is 0. The van der Waals surface area contributed by atoms with Gasteiger partial charge in [-0.15, -0.1) is 0 Å². The van der Waals surface area contributed by atoms with E-state index < -0.39 is 17.7 Å². The zero-order valence-corrected chi connectivity index (χ0v) is 17.7. The second kappa shape index (κ2) is 8.32. The molecule has 158 valence electrons. The zero-order chi connectivity index (χ0) is 22.1. The topological polar surface area (TPSA) is 80.0 Å². The molecule has 0 bridgehead atoms. The number of furan rings is 1. The number of rotatable bonds is 5. The lowest BCUT2D eigenvalue weighted by atomic mass is 9.99. The van der Waals surface area contributed by atoms with E-state index in [9.17, 15) is 14.7 Å². The standard InChI is InChI=1S/C24H20ClNO5/c1-3-30-16-11-9-15(10-12-16)22(27)20-21(19-8-5-13-31-19)26(24(29)23(20)28)18-7-4-6-17(25)14(18)2/h4-13,21,27H,3H2,1-2H3/b22-20-. The Morgan fingerprint density at radius 1 is 1.13 bits per heavy atom. The molecule has 1 aliphatic heterocycles. The van der Waals surface area contributed by atoms with Gasteiger partial charge in [0.2, 0.25) is 0 Å². The van der Waals surface area contributed by atoms with Gasteiger partial charge in [0.15, 0.2) is 0 Å². The van der Waals surface area contributed by atoms with Crippen LogP contribution < -0.4 is 9.64 Å². The van der Waals surface area contributed by atoms with Crippen LogP contribution in [0.2, 0.25) is 5.02 Å². The first-order valence-corrected chi connectivity index (χ1v) is 10.1. The molecule has 6 nitrogen and oxygen atoms in total. The maximum Gasteiger partial charge on any atom is 0.300 e. The fourth-order valence-corrected chi connectivity index (χ4v) is 3.85. The summed E-state index contributed by atoms with van der Waals surface area (Å²) in [6.45, 7) is 4.15. The van der Waals surface area contributed by atoms with Crippen LogP contribution in [0.1, 0.15) is 29.9 Å². The highest BCUT2D eigenvalue weighted by molar-refractivity contribution is 6.52. The smallest absolute Gasteiger partial charge is 0.300 e. The molecule has 1 saturated heterocycles. The highest BCUT2D eigenvalue weighted by Crippen LogP contribution is 2.44. The summed E-state index contributed by atoms with van der Waals surface area (Å²) in [4.78, 5) is 27.5. The van der Waals surface area contributed by atoms with Gasteiger partial charge in [-0.3, -0.25) is 14.5 Å². The molecule has 2 heterocycles. The number of carbonyl (C=O) groups is 2. The van der Waals surface area contributed by atoms with Crippen molar-refractivity contribution in [1.82, 2.24) is 0 Å². The summed E-state index contributed by atoms with van der Waals surface area (Å²) >= 11 is 6.26. The van der Waals surface area contributed by atoms with Crippen molar-refractivity contribution in [1.29, 1.82) is 0 Å². The summed E-state index contributed by atoms with van der Waals surface area (Å²) in [6, 6.07) is 14.2. The van der Waals surface area contributed by atoms with E-state index in [1.165, 1.54) is 11.2 Å². The SMILES string of the molecule is CCOc1ccc(/C(O)=C2/C(=O)C(=O)N(c3cccc(Cl)c3C)C2c2ccco2)cc1. The fraction of sp³-hybridized carbons (Fsp3) is 0.167. The first-order chi connectivity index (χ1) is 14.9. The molecule has 0 aliphatic carbocycles. The van der Waals surface area contributed by atoms with Crippen LogP contribution in [0.3, 0.4) is 0 Å². The van der Waals surface area contributed by atoms with Crippen LogP contribution in [0.5, 0.6) is 5.75 Å². The Balaban J connectivity index is 1.89. The minimum absolute atomic E-state index is 0.0523. The van der Waals surface area contributed by atoms with Gasteiger partial charge in [-0.25, -0.2) is 0 Å². The molecule has 1 unspecified atom stereocenters. The average Bonchev–Trinajstić information content (AvgIpc) is 3.38. The molecule has 1 atom stereocenters. The molecule has 1 fully saturated rings. The van der Waals surface area contributed by atoms with E-state index in [-0.39, 0.29) is 11.3 Å². The number of ether oxygens (including phenoxy) is 1. The van der Waals surface area contributed by atoms with Crippen molar-refractivity contribution in [2.45, 2.75) is 19.9 Å². The number of Topliss-reactive ketones (excluding diaryl/α,β-unsaturated/α-hetero) is 1. The zero-order valence-electron chi connectivity index (χ0n) is 17.0. The predicted molar refractivity (Wildman–Crippen MR) is 117 cm³/mol. The van der Waals surface area contributed by atoms with Gasteiger partial charge in [-0.05, 0) is 67.9 Å². The molecule has 3 aromatic rings. The predicted octanol–water partition coefficient (Wildman–Crippen LogP) is 5.27. The second-order valence-electron chi connectivity index (χ2n) is 7.03. The number of aliphatic hydroxyl groups is 1. The minimum atomic E-state index is -0.932. The van der Waals surface area contributed by atoms with Crippen LogP contribution in [0.25, 0.3) is 5.76 Å². The van der Waals surface area contributed by atoms with Gasteiger partial charge in [0.1, 0.15) is 23.3 Å². The van der Waals surface area contributed by atoms with Gasteiger partial charge in [-0.1, -0.05) is 17.7 Å². The van der Waals surface area contributed by atoms with Crippen LogP contribution in [-0.2, 0) is 9.59 Å². The van der Waals surface area contributed by atoms with Crippen LogP contribution in [-0.4, -0.2) is 23.4 Å². The van der Waals surface area contributed by atoms with E-state index in [0.717, 1.165) is 0 Å². The number of hydrogen-bond acceptors (Lipinski definition) is 5. The highest BCUT2D eigenvalue weighted by Gasteiger charge is 2.48. The lowest BCUT2D eigenvalue weighted by molar-refractivity contribution is -0.132. The van der Waals surface area contributed by atoms with Gasteiger partial charge in [0.25, 0.3) is 11.7 Å². The number of ketones is 1. The number of anilines is 1. The quantitative estimate of drug-likeness (QED) is 0.334. The summed E-state index contributed by atoms with van der Waals surface area (Å²) < 4.78 is 11.0. The number of aliphatic hydroxyl groups excluding tert-OH is 1. The largest absolute Gasteiger partial charge is 0.507 e. The van der Waals surface area contributed by atoms with Crippen molar-refractivity contribution in [2.75, 3.05) is 11.5 Å². The van der Waals surface area contributed by atoms with Crippen LogP contribution in [0, 0.1) is 6.92 Å². The molecule has 1 N–H and O–H groups in total. The Labute approximate surface area is 184 Å². The second-order valence-corrected chi connectivity index (χ2v) is 7.43. The summed E-state index contributed by atoms with van der Waals surface area (Å²) in [6.07, 6.45) is 1.46. The van der Waals surface area contributed by atoms with Crippen molar-refractivity contribution in [3.05, 3.63) is 88.3 Å². The van der Waals surface area contributed by atoms with Gasteiger partial charge in [-0.2, -0.15) is 0 Å². The molecule has 31 heavy (non-hydrogen) atoms. The van der Waals surface area contributed by atoms with Crippen LogP contribution >= 0.6 is 11.6 Å². The maximum atomic E-state index is 13.1. The first kappa shape index (κ1) is 20.8. The van der Waals surface area contributed by atoms with Crippen LogP contribution in [0.15, 0.2) is 70.9 Å². The normalized spacial score (nSPS) is 17.9. The molecule has 1 aliphatic rings. The van der Waals surface area contributed by atoms with Crippen molar-refractivity contribution in [3.8, 4) is 5.75 Å². The van der Waals surface area contributed by atoms with Crippen molar-refractivity contribution in [2.24, 2.45) is 0 Å². The Bertz CT molecular complexity index is 1170. The molecule has 4 rings (SSSR count). The van der Waals surface area contributed by atoms with E-state index >= 15 is 0 Å². The van der Waals surface area contributed by atoms with E-state index in [4.69, 9.17) is 20.8 Å². The van der Waals surface area contributed by atoms with Gasteiger partial charge < -0.3 is 14.3 Å². The monoisotopic (exact) mass is 437 g/mol. The lowest BCUT2D eigenvalue weighted by Gasteiger charge is -2.25. The Hall–Kier alpha value is -3.51. The molecule has 0 radical (unpaired) electrons. The van der Waals surface area contributed by atoms with Gasteiger partial charge in [0, 0.05) is 16.3 Å². The number of carbonyl (C=O) groups excluding carboxylic acids is 2. The molecule has 1 aromatic heterocycles. The lowest BCUT2D eigenvalue weighted by Crippen LogP contribution is -2.30. The van der Waals surface area contributed by atoms with Crippen molar-refractivity contribution in [3.63, 3.8) is 0 Å². The molecular formula is C24H20ClNO5. The molecular weight excluding hydrogens is 418 g/mol. The van der Waals surface area contributed by atoms with E-state index in [1.54, 1.807) is 61.5 Å². The van der Waals surface area contributed by atoms with E-state index in [2.05, 4.69) is 0 Å². The van der Waals surface area contributed by atoms with Crippen molar-refractivity contribution >= 4 is 34.7 Å². The molecule has 0 spiro atoms. The molecule has 7 heteroatoms. The molecule has 2 aromatic carbocycles. The molecule has 1 amide bonds. The number of halogens is 1. The van der Waals surface area contributed by atoms with Crippen molar-refractivity contribution < 1.29 is 23.8 Å². The van der Waals surface area contributed by atoms with E-state index in [1.807, 2.05) is 6.92 Å². The first-order valence-electron chi connectivity index (χ1n) is 9.76. The number of amides is 1. The maximum absolute atomic E-state index is 13.1. The summed E-state index contributed by atoms with van der Waals surface area (Å²) in [5.74, 6) is -0.862. The Kier molecular flexibility index (Phi) is 5.57. The number of nitrogens with zero attached hydrogens (tertiary/aromatic N) is 1. The molecule has 0 saturated carbocycles. The van der Waals surface area contributed by atoms with Gasteiger partial charge in [0.05, 0.1) is 18.4 Å². The van der Waals surface area contributed by atoms with Gasteiger partial charge >= 0.3 is 0 Å². The minimum Gasteiger partial charge on any atom is -0.507 e. The summed E-state index contributed by atoms with van der Waals surface area (Å²) in [5, 5.41) is 11.5. The third-order valence-corrected chi connectivity index (χ3v) is 5.60. The summed E-state index contributed by atoms with van der Waals surface area (Å²) in [5.41, 5.74) is 1.45.